The molecule has 29 heavy (non-hydrogen) atoms. The van der Waals surface area contributed by atoms with Crippen molar-refractivity contribution in [3.8, 4) is 0 Å². The van der Waals surface area contributed by atoms with Gasteiger partial charge in [-0.25, -0.2) is 4.79 Å². The first kappa shape index (κ1) is 27.4. The molecule has 3 N–H and O–H groups in total. The van der Waals surface area contributed by atoms with Gasteiger partial charge in [0.1, 0.15) is 0 Å². The van der Waals surface area contributed by atoms with Crippen LogP contribution in [0.3, 0.4) is 0 Å². The van der Waals surface area contributed by atoms with E-state index in [1.807, 2.05) is 0 Å². The molecule has 0 rings (SSSR count). The van der Waals surface area contributed by atoms with Gasteiger partial charge in [0.15, 0.2) is 5.60 Å². The van der Waals surface area contributed by atoms with Crippen molar-refractivity contribution in [1.29, 1.82) is 0 Å². The molecular formula is C22H40O7. The summed E-state index contributed by atoms with van der Waals surface area (Å²) < 4.78 is 4.90. The average Bonchev–Trinajstić information content (AvgIpc) is 2.60. The maximum absolute atomic E-state index is 11.9. The predicted molar refractivity (Wildman–Crippen MR) is 111 cm³/mol. The largest absolute Gasteiger partial charge is 0.481 e. The predicted octanol–water partition coefficient (Wildman–Crippen LogP) is 4.55. The number of carboxylic acids is 2. The molecule has 0 saturated carbocycles. The van der Waals surface area contributed by atoms with Crippen molar-refractivity contribution in [1.82, 2.24) is 0 Å². The van der Waals surface area contributed by atoms with E-state index >= 15 is 0 Å². The first-order chi connectivity index (χ1) is 13.7. The maximum Gasteiger partial charge on any atom is 0.339 e. The van der Waals surface area contributed by atoms with E-state index in [9.17, 15) is 19.5 Å². The zero-order valence-electron chi connectivity index (χ0n) is 18.2. The molecule has 0 fully saturated rings. The molecule has 0 aliphatic carbocycles. The van der Waals surface area contributed by atoms with E-state index in [2.05, 4.69) is 13.8 Å². The second kappa shape index (κ2) is 16.2. The summed E-state index contributed by atoms with van der Waals surface area (Å²) in [6, 6.07) is 0. The van der Waals surface area contributed by atoms with Crippen LogP contribution in [0.25, 0.3) is 0 Å². The Morgan fingerprint density at radius 1 is 0.724 bits per heavy atom. The Morgan fingerprint density at radius 2 is 1.10 bits per heavy atom. The number of ether oxygens (including phenoxy) is 1. The molecule has 0 saturated heterocycles. The number of carbonyl (C=O) groups excluding carboxylic acids is 1. The summed E-state index contributed by atoms with van der Waals surface area (Å²) in [5.74, 6) is -3.29. The SMILES string of the molecule is CC(C)CCCCCCCCCCCCCOC(=O)C(O)(CC(=O)O)CC(=O)O. The van der Waals surface area contributed by atoms with Gasteiger partial charge in [0.2, 0.25) is 0 Å². The number of aliphatic hydroxyl groups is 1. The molecule has 0 heterocycles. The summed E-state index contributed by atoms with van der Waals surface area (Å²) in [5.41, 5.74) is -2.52. The minimum Gasteiger partial charge on any atom is -0.481 e. The van der Waals surface area contributed by atoms with Crippen molar-refractivity contribution < 1.29 is 34.4 Å². The van der Waals surface area contributed by atoms with Crippen molar-refractivity contribution in [3.63, 3.8) is 0 Å². The lowest BCUT2D eigenvalue weighted by molar-refractivity contribution is -0.175. The molecule has 0 aliphatic heterocycles. The standard InChI is InChI=1S/C22H40O7/c1-18(2)14-12-10-8-6-4-3-5-7-9-11-13-15-29-21(27)22(28,16-19(23)24)17-20(25)26/h18,28H,3-17H2,1-2H3,(H,23,24)(H,25,26). The van der Waals surface area contributed by atoms with Gasteiger partial charge in [0.05, 0.1) is 19.4 Å². The number of hydrogen-bond donors (Lipinski definition) is 3. The Labute approximate surface area is 174 Å². The van der Waals surface area contributed by atoms with Gasteiger partial charge >= 0.3 is 17.9 Å². The minimum absolute atomic E-state index is 0.0523. The lowest BCUT2D eigenvalue weighted by atomic mass is 9.96. The molecule has 0 aliphatic rings. The van der Waals surface area contributed by atoms with Gasteiger partial charge in [0.25, 0.3) is 0 Å². The van der Waals surface area contributed by atoms with Crippen molar-refractivity contribution in [3.05, 3.63) is 0 Å². The highest BCUT2D eigenvalue weighted by molar-refractivity contribution is 5.89. The number of rotatable bonds is 19. The maximum atomic E-state index is 11.9. The Bertz CT molecular complexity index is 458. The molecule has 0 unspecified atom stereocenters. The van der Waals surface area contributed by atoms with Gasteiger partial charge in [-0.1, -0.05) is 84.5 Å². The molecule has 0 atom stereocenters. The number of carboxylic acid groups (broad SMARTS) is 2. The highest BCUT2D eigenvalue weighted by Crippen LogP contribution is 2.19. The molecule has 170 valence electrons. The summed E-state index contributed by atoms with van der Waals surface area (Å²) in [5, 5.41) is 27.5. The van der Waals surface area contributed by atoms with E-state index in [0.29, 0.717) is 6.42 Å². The quantitative estimate of drug-likeness (QED) is 0.209. The summed E-state index contributed by atoms with van der Waals surface area (Å²) in [4.78, 5) is 33.4. The molecule has 7 nitrogen and oxygen atoms in total. The zero-order valence-corrected chi connectivity index (χ0v) is 18.2. The highest BCUT2D eigenvalue weighted by atomic mass is 16.5. The van der Waals surface area contributed by atoms with Crippen LogP contribution in [-0.2, 0) is 19.1 Å². The third kappa shape index (κ3) is 15.9. The van der Waals surface area contributed by atoms with E-state index < -0.39 is 36.4 Å². The highest BCUT2D eigenvalue weighted by Gasteiger charge is 2.42. The Balaban J connectivity index is 3.67. The molecule has 0 amide bonds. The van der Waals surface area contributed by atoms with Crippen LogP contribution in [-0.4, -0.2) is 45.4 Å². The van der Waals surface area contributed by atoms with Gasteiger partial charge in [0, 0.05) is 0 Å². The normalized spacial score (nSPS) is 11.6. The lowest BCUT2D eigenvalue weighted by Crippen LogP contribution is -2.44. The smallest absolute Gasteiger partial charge is 0.339 e. The molecule has 0 aromatic carbocycles. The van der Waals surface area contributed by atoms with Gasteiger partial charge in [-0.3, -0.25) is 9.59 Å². The fourth-order valence-corrected chi connectivity index (χ4v) is 3.25. The summed E-state index contributed by atoms with van der Waals surface area (Å²) in [6.45, 7) is 4.59. The van der Waals surface area contributed by atoms with Crippen molar-refractivity contribution in [2.45, 2.75) is 109 Å². The Hall–Kier alpha value is -1.63. The molecule has 0 aromatic heterocycles. The van der Waals surface area contributed by atoms with E-state index in [1.54, 1.807) is 0 Å². The third-order valence-corrected chi connectivity index (χ3v) is 4.93. The van der Waals surface area contributed by atoms with Gasteiger partial charge < -0.3 is 20.1 Å². The minimum atomic E-state index is -2.52. The summed E-state index contributed by atoms with van der Waals surface area (Å²) in [6.07, 6.45) is 12.0. The zero-order chi connectivity index (χ0) is 22.1. The third-order valence-electron chi connectivity index (χ3n) is 4.93. The molecular weight excluding hydrogens is 376 g/mol. The van der Waals surface area contributed by atoms with Crippen LogP contribution in [0.4, 0.5) is 0 Å². The second-order valence-electron chi connectivity index (χ2n) is 8.38. The van der Waals surface area contributed by atoms with Crippen LogP contribution in [0, 0.1) is 5.92 Å². The monoisotopic (exact) mass is 416 g/mol. The first-order valence-electron chi connectivity index (χ1n) is 11.0. The number of esters is 1. The van der Waals surface area contributed by atoms with E-state index in [4.69, 9.17) is 14.9 Å². The molecule has 0 radical (unpaired) electrons. The van der Waals surface area contributed by atoms with Crippen LogP contribution in [0.5, 0.6) is 0 Å². The fourth-order valence-electron chi connectivity index (χ4n) is 3.25. The lowest BCUT2D eigenvalue weighted by Gasteiger charge is -2.22. The summed E-state index contributed by atoms with van der Waals surface area (Å²) >= 11 is 0. The van der Waals surface area contributed by atoms with Gasteiger partial charge in [-0.15, -0.1) is 0 Å². The topological polar surface area (TPSA) is 121 Å². The van der Waals surface area contributed by atoms with E-state index in [1.165, 1.54) is 51.4 Å². The number of aliphatic carboxylic acids is 2. The molecule has 0 spiro atoms. The Kier molecular flexibility index (Phi) is 15.3. The van der Waals surface area contributed by atoms with Gasteiger partial charge in [-0.05, 0) is 12.3 Å². The summed E-state index contributed by atoms with van der Waals surface area (Å²) in [7, 11) is 0. The molecule has 0 bridgehead atoms. The molecule has 0 aromatic rings. The Morgan fingerprint density at radius 3 is 1.48 bits per heavy atom. The van der Waals surface area contributed by atoms with Crippen LogP contribution in [0.1, 0.15) is 104 Å². The number of hydrogen-bond acceptors (Lipinski definition) is 5. The number of unbranched alkanes of at least 4 members (excludes halogenated alkanes) is 10. The van der Waals surface area contributed by atoms with Crippen LogP contribution < -0.4 is 0 Å². The van der Waals surface area contributed by atoms with Crippen molar-refractivity contribution >= 4 is 17.9 Å². The van der Waals surface area contributed by atoms with Crippen molar-refractivity contribution in [2.24, 2.45) is 5.92 Å². The van der Waals surface area contributed by atoms with E-state index in [-0.39, 0.29) is 6.61 Å². The fraction of sp³-hybridized carbons (Fsp3) is 0.864. The van der Waals surface area contributed by atoms with Crippen molar-refractivity contribution in [2.75, 3.05) is 6.61 Å². The average molecular weight is 417 g/mol. The second-order valence-corrected chi connectivity index (χ2v) is 8.38. The van der Waals surface area contributed by atoms with Gasteiger partial charge in [-0.2, -0.15) is 0 Å². The van der Waals surface area contributed by atoms with Crippen LogP contribution in [0.2, 0.25) is 0 Å². The number of carbonyl (C=O) groups is 3. The van der Waals surface area contributed by atoms with Crippen LogP contribution >= 0.6 is 0 Å². The first-order valence-corrected chi connectivity index (χ1v) is 11.0. The van der Waals surface area contributed by atoms with E-state index in [0.717, 1.165) is 25.2 Å². The van der Waals surface area contributed by atoms with Crippen LogP contribution in [0.15, 0.2) is 0 Å². The molecule has 7 heteroatoms.